The molecule has 120 valence electrons. The monoisotopic (exact) mass is 327 g/mol. The zero-order valence-corrected chi connectivity index (χ0v) is 13.9. The number of nitrogens with zero attached hydrogens (tertiary/aromatic N) is 1. The van der Waals surface area contributed by atoms with Gasteiger partial charge in [0.1, 0.15) is 6.04 Å². The smallest absolute Gasteiger partial charge is 0.239 e. The van der Waals surface area contributed by atoms with Crippen molar-refractivity contribution in [1.82, 2.24) is 15.5 Å². The van der Waals surface area contributed by atoms with Gasteiger partial charge < -0.3 is 15.4 Å². The van der Waals surface area contributed by atoms with Crippen LogP contribution in [0.1, 0.15) is 26.7 Å². The summed E-state index contributed by atoms with van der Waals surface area (Å²) in [6.45, 7) is 8.32. The fourth-order valence-electron chi connectivity index (χ4n) is 2.50. The lowest BCUT2D eigenvalue weighted by atomic mass is 10.1. The number of ether oxygens (including phenoxy) is 1. The molecule has 0 bridgehead atoms. The van der Waals surface area contributed by atoms with E-state index in [1.54, 1.807) is 0 Å². The Morgan fingerprint density at radius 3 is 2.65 bits per heavy atom. The van der Waals surface area contributed by atoms with Crippen molar-refractivity contribution < 1.29 is 9.53 Å². The predicted molar refractivity (Wildman–Crippen MR) is 85.0 cm³/mol. The lowest BCUT2D eigenvalue weighted by Gasteiger charge is -2.29. The van der Waals surface area contributed by atoms with Crippen LogP contribution in [-0.4, -0.2) is 61.8 Å². The molecule has 2 rings (SSSR count). The highest BCUT2D eigenvalue weighted by Gasteiger charge is 2.29. The Kier molecular flexibility index (Phi) is 9.76. The van der Waals surface area contributed by atoms with Crippen LogP contribution in [-0.2, 0) is 9.53 Å². The number of hydrogen-bond acceptors (Lipinski definition) is 4. The summed E-state index contributed by atoms with van der Waals surface area (Å²) < 4.78 is 5.47. The highest BCUT2D eigenvalue weighted by molar-refractivity contribution is 5.85. The van der Waals surface area contributed by atoms with Crippen molar-refractivity contribution in [1.29, 1.82) is 0 Å². The van der Waals surface area contributed by atoms with Crippen LogP contribution in [0.4, 0.5) is 0 Å². The standard InChI is InChI=1S/C13H25N3O2.2ClH/c1-3-16(11-4-5-11)8-6-15-13(17)12-10(2)18-9-7-14-12;;/h10-12,14H,3-9H2,1-2H3,(H,15,17);2*1H/t10-,12+;;/m1../s1. The number of carbonyl (C=O) groups excluding carboxylic acids is 1. The summed E-state index contributed by atoms with van der Waals surface area (Å²) >= 11 is 0. The first-order chi connectivity index (χ1) is 8.72. The summed E-state index contributed by atoms with van der Waals surface area (Å²) in [6, 6.07) is 0.566. The van der Waals surface area contributed by atoms with E-state index in [2.05, 4.69) is 22.5 Å². The summed E-state index contributed by atoms with van der Waals surface area (Å²) in [4.78, 5) is 14.4. The van der Waals surface area contributed by atoms with Crippen LogP contribution < -0.4 is 10.6 Å². The van der Waals surface area contributed by atoms with E-state index in [9.17, 15) is 4.79 Å². The van der Waals surface area contributed by atoms with Gasteiger partial charge in [-0.25, -0.2) is 0 Å². The van der Waals surface area contributed by atoms with E-state index in [-0.39, 0.29) is 42.9 Å². The van der Waals surface area contributed by atoms with Crippen molar-refractivity contribution in [2.45, 2.75) is 44.9 Å². The molecule has 1 heterocycles. The average Bonchev–Trinajstić information content (AvgIpc) is 3.19. The molecule has 1 saturated heterocycles. The molecular weight excluding hydrogens is 301 g/mol. The molecule has 7 heteroatoms. The largest absolute Gasteiger partial charge is 0.375 e. The number of carbonyl (C=O) groups is 1. The molecule has 1 aliphatic heterocycles. The number of rotatable bonds is 6. The van der Waals surface area contributed by atoms with Gasteiger partial charge in [0.15, 0.2) is 0 Å². The number of likely N-dealkylation sites (N-methyl/N-ethyl adjacent to an activating group) is 1. The maximum Gasteiger partial charge on any atom is 0.239 e. The minimum Gasteiger partial charge on any atom is -0.375 e. The Bertz CT molecular complexity index is 291. The van der Waals surface area contributed by atoms with Crippen LogP contribution in [0.25, 0.3) is 0 Å². The van der Waals surface area contributed by atoms with Crippen molar-refractivity contribution in [3.8, 4) is 0 Å². The molecule has 1 aliphatic carbocycles. The molecule has 20 heavy (non-hydrogen) atoms. The second kappa shape index (κ2) is 9.79. The molecule has 2 aliphatic rings. The Balaban J connectivity index is 0.00000180. The van der Waals surface area contributed by atoms with E-state index in [0.717, 1.165) is 32.2 Å². The van der Waals surface area contributed by atoms with Crippen molar-refractivity contribution in [2.24, 2.45) is 0 Å². The van der Waals surface area contributed by atoms with E-state index in [0.29, 0.717) is 6.61 Å². The van der Waals surface area contributed by atoms with Gasteiger partial charge in [0.05, 0.1) is 12.7 Å². The van der Waals surface area contributed by atoms with Crippen molar-refractivity contribution in [2.75, 3.05) is 32.8 Å². The molecule has 0 radical (unpaired) electrons. The summed E-state index contributed by atoms with van der Waals surface area (Å²) in [6.07, 6.45) is 2.60. The molecule has 1 amide bonds. The van der Waals surface area contributed by atoms with Gasteiger partial charge in [-0.2, -0.15) is 0 Å². The number of amides is 1. The van der Waals surface area contributed by atoms with Gasteiger partial charge in [-0.05, 0) is 26.3 Å². The van der Waals surface area contributed by atoms with E-state index in [1.807, 2.05) is 6.92 Å². The quantitative estimate of drug-likeness (QED) is 0.758. The second-order valence-corrected chi connectivity index (χ2v) is 5.16. The lowest BCUT2D eigenvalue weighted by molar-refractivity contribution is -0.128. The fourth-order valence-corrected chi connectivity index (χ4v) is 2.50. The first kappa shape index (κ1) is 19.9. The van der Waals surface area contributed by atoms with Gasteiger partial charge in [-0.15, -0.1) is 24.8 Å². The van der Waals surface area contributed by atoms with Crippen molar-refractivity contribution >= 4 is 30.7 Å². The first-order valence-electron chi connectivity index (χ1n) is 7.09. The maximum absolute atomic E-state index is 12.0. The van der Waals surface area contributed by atoms with Crippen LogP contribution in [0, 0.1) is 0 Å². The predicted octanol–water partition coefficient (Wildman–Crippen LogP) is 0.807. The van der Waals surface area contributed by atoms with Gasteiger partial charge in [-0.3, -0.25) is 9.69 Å². The normalized spacial score (nSPS) is 25.6. The minimum atomic E-state index is -0.199. The molecule has 0 unspecified atom stereocenters. The van der Waals surface area contributed by atoms with Gasteiger partial charge in [0, 0.05) is 25.7 Å². The summed E-state index contributed by atoms with van der Waals surface area (Å²) in [5.74, 6) is 0.0639. The number of hydrogen-bond donors (Lipinski definition) is 2. The SMILES string of the molecule is CCN(CCNC(=O)[C@H]1NCCO[C@@H]1C)C1CC1.Cl.Cl. The third-order valence-corrected chi connectivity index (χ3v) is 3.77. The van der Waals surface area contributed by atoms with Gasteiger partial charge in [0.25, 0.3) is 0 Å². The topological polar surface area (TPSA) is 53.6 Å². The van der Waals surface area contributed by atoms with Gasteiger partial charge >= 0.3 is 0 Å². The molecule has 1 saturated carbocycles. The zero-order valence-electron chi connectivity index (χ0n) is 12.3. The highest BCUT2D eigenvalue weighted by Crippen LogP contribution is 2.25. The molecular formula is C13H27Cl2N3O2. The summed E-state index contributed by atoms with van der Waals surface area (Å²) in [7, 11) is 0. The van der Waals surface area contributed by atoms with Crippen LogP contribution in [0.3, 0.4) is 0 Å². The Labute approximate surface area is 134 Å². The maximum atomic E-state index is 12.0. The zero-order chi connectivity index (χ0) is 13.0. The highest BCUT2D eigenvalue weighted by atomic mass is 35.5. The molecule has 5 nitrogen and oxygen atoms in total. The molecule has 0 aromatic carbocycles. The van der Waals surface area contributed by atoms with E-state index in [1.165, 1.54) is 12.8 Å². The molecule has 0 spiro atoms. The molecule has 0 aromatic rings. The molecule has 2 N–H and O–H groups in total. The minimum absolute atomic E-state index is 0. The number of morpholine rings is 1. The fraction of sp³-hybridized carbons (Fsp3) is 0.923. The van der Waals surface area contributed by atoms with E-state index < -0.39 is 0 Å². The van der Waals surface area contributed by atoms with Crippen LogP contribution >= 0.6 is 24.8 Å². The third-order valence-electron chi connectivity index (χ3n) is 3.77. The second-order valence-electron chi connectivity index (χ2n) is 5.16. The van der Waals surface area contributed by atoms with Crippen LogP contribution in [0.2, 0.25) is 0 Å². The van der Waals surface area contributed by atoms with E-state index >= 15 is 0 Å². The summed E-state index contributed by atoms with van der Waals surface area (Å²) in [5.41, 5.74) is 0. The summed E-state index contributed by atoms with van der Waals surface area (Å²) in [5, 5.41) is 6.21. The molecule has 2 fully saturated rings. The van der Waals surface area contributed by atoms with Crippen molar-refractivity contribution in [3.05, 3.63) is 0 Å². The first-order valence-corrected chi connectivity index (χ1v) is 7.09. The van der Waals surface area contributed by atoms with Gasteiger partial charge in [-0.1, -0.05) is 6.92 Å². The van der Waals surface area contributed by atoms with Crippen LogP contribution in [0.15, 0.2) is 0 Å². The average molecular weight is 328 g/mol. The number of nitrogens with one attached hydrogen (secondary N) is 2. The Morgan fingerprint density at radius 1 is 1.40 bits per heavy atom. The van der Waals surface area contributed by atoms with Gasteiger partial charge in [0.2, 0.25) is 5.91 Å². The molecule has 0 aromatic heterocycles. The Morgan fingerprint density at radius 2 is 2.10 bits per heavy atom. The molecule has 2 atom stereocenters. The lowest BCUT2D eigenvalue weighted by Crippen LogP contribution is -2.56. The van der Waals surface area contributed by atoms with Crippen LogP contribution in [0.5, 0.6) is 0 Å². The number of halogens is 2. The van der Waals surface area contributed by atoms with Crippen molar-refractivity contribution in [3.63, 3.8) is 0 Å². The third kappa shape index (κ3) is 5.74. The Hall–Kier alpha value is -0.0700. The van der Waals surface area contributed by atoms with E-state index in [4.69, 9.17) is 4.74 Å².